The third-order valence-corrected chi connectivity index (χ3v) is 2.87. The van der Waals surface area contributed by atoms with Gasteiger partial charge in [0.15, 0.2) is 5.96 Å². The highest BCUT2D eigenvalue weighted by Gasteiger charge is 2.28. The monoisotopic (exact) mass is 250 g/mol. The SMILES string of the molecule is C=CCN1C(N)=NCC1c1cn(CCCO)nn1. The quantitative estimate of drug-likeness (QED) is 0.665. The smallest absolute Gasteiger partial charge is 0.192 e. The van der Waals surface area contributed by atoms with E-state index in [1.165, 1.54) is 0 Å². The lowest BCUT2D eigenvalue weighted by Crippen LogP contribution is -2.36. The largest absolute Gasteiger partial charge is 0.396 e. The number of aliphatic imine (C=N–C) groups is 1. The molecule has 18 heavy (non-hydrogen) atoms. The van der Waals surface area contributed by atoms with Crippen LogP contribution < -0.4 is 5.73 Å². The number of hydrogen-bond acceptors (Lipinski definition) is 6. The molecular weight excluding hydrogens is 232 g/mol. The van der Waals surface area contributed by atoms with Crippen LogP contribution in [-0.4, -0.2) is 50.7 Å². The summed E-state index contributed by atoms with van der Waals surface area (Å²) in [6.45, 7) is 5.76. The molecule has 1 aromatic heterocycles. The first-order valence-electron chi connectivity index (χ1n) is 5.94. The normalized spacial score (nSPS) is 19.1. The molecule has 0 saturated carbocycles. The van der Waals surface area contributed by atoms with Gasteiger partial charge in [-0.3, -0.25) is 9.67 Å². The van der Waals surface area contributed by atoms with Crippen molar-refractivity contribution < 1.29 is 5.11 Å². The van der Waals surface area contributed by atoms with Crippen LogP contribution in [0.1, 0.15) is 18.2 Å². The van der Waals surface area contributed by atoms with Gasteiger partial charge in [0.05, 0.1) is 18.8 Å². The van der Waals surface area contributed by atoms with Gasteiger partial charge in [0.1, 0.15) is 5.69 Å². The van der Waals surface area contributed by atoms with Gasteiger partial charge in [-0.2, -0.15) is 0 Å². The number of aryl methyl sites for hydroxylation is 1. The maximum absolute atomic E-state index is 8.78. The Morgan fingerprint density at radius 3 is 3.17 bits per heavy atom. The molecule has 0 aliphatic carbocycles. The molecule has 0 radical (unpaired) electrons. The standard InChI is InChI=1S/C11H18N6O/c1-2-4-17-10(7-13-11(17)12)9-8-16(15-14-9)5-3-6-18/h2,8,10,18H,1,3-7H2,(H2,12,13). The van der Waals surface area contributed by atoms with E-state index in [-0.39, 0.29) is 12.6 Å². The molecule has 1 aliphatic rings. The number of aromatic nitrogens is 3. The summed E-state index contributed by atoms with van der Waals surface area (Å²) in [5.74, 6) is 0.518. The van der Waals surface area contributed by atoms with Crippen LogP contribution in [-0.2, 0) is 6.54 Å². The van der Waals surface area contributed by atoms with Gasteiger partial charge in [-0.15, -0.1) is 11.7 Å². The predicted octanol–water partition coefficient (Wildman–Crippen LogP) is -0.482. The van der Waals surface area contributed by atoms with Crippen LogP contribution in [0.4, 0.5) is 0 Å². The topological polar surface area (TPSA) is 92.6 Å². The fraction of sp³-hybridized carbons (Fsp3) is 0.545. The maximum Gasteiger partial charge on any atom is 0.192 e. The molecule has 0 spiro atoms. The van der Waals surface area contributed by atoms with Crippen LogP contribution in [0.15, 0.2) is 23.8 Å². The molecule has 1 aliphatic heterocycles. The van der Waals surface area contributed by atoms with E-state index >= 15 is 0 Å². The number of nitrogens with two attached hydrogens (primary N) is 1. The summed E-state index contributed by atoms with van der Waals surface area (Å²) >= 11 is 0. The van der Waals surface area contributed by atoms with Crippen LogP contribution >= 0.6 is 0 Å². The zero-order valence-electron chi connectivity index (χ0n) is 10.2. The van der Waals surface area contributed by atoms with Crippen molar-refractivity contribution in [2.45, 2.75) is 19.0 Å². The minimum absolute atomic E-state index is 0.0332. The molecule has 0 bridgehead atoms. The van der Waals surface area contributed by atoms with Gasteiger partial charge >= 0.3 is 0 Å². The summed E-state index contributed by atoms with van der Waals surface area (Å²) < 4.78 is 1.73. The van der Waals surface area contributed by atoms with Crippen molar-refractivity contribution in [1.29, 1.82) is 0 Å². The molecular formula is C11H18N6O. The first kappa shape index (κ1) is 12.6. The summed E-state index contributed by atoms with van der Waals surface area (Å²) in [6.07, 6.45) is 4.34. The van der Waals surface area contributed by atoms with Crippen molar-refractivity contribution in [2.75, 3.05) is 19.7 Å². The predicted molar refractivity (Wildman–Crippen MR) is 67.9 cm³/mol. The van der Waals surface area contributed by atoms with E-state index in [4.69, 9.17) is 10.8 Å². The number of nitrogens with zero attached hydrogens (tertiary/aromatic N) is 5. The second-order valence-corrected chi connectivity index (χ2v) is 4.14. The van der Waals surface area contributed by atoms with Crippen molar-refractivity contribution in [3.05, 3.63) is 24.5 Å². The molecule has 3 N–H and O–H groups in total. The Morgan fingerprint density at radius 1 is 1.61 bits per heavy atom. The minimum atomic E-state index is 0.0332. The molecule has 7 nitrogen and oxygen atoms in total. The first-order valence-corrected chi connectivity index (χ1v) is 5.94. The number of aliphatic hydroxyl groups is 1. The van der Waals surface area contributed by atoms with Gasteiger partial charge in [-0.05, 0) is 6.42 Å². The summed E-state index contributed by atoms with van der Waals surface area (Å²) in [5.41, 5.74) is 6.67. The van der Waals surface area contributed by atoms with E-state index in [1.54, 1.807) is 10.8 Å². The Morgan fingerprint density at radius 2 is 2.44 bits per heavy atom. The summed E-state index contributed by atoms with van der Waals surface area (Å²) in [6, 6.07) is 0.0332. The van der Waals surface area contributed by atoms with Crippen molar-refractivity contribution in [3.63, 3.8) is 0 Å². The van der Waals surface area contributed by atoms with Crippen molar-refractivity contribution in [2.24, 2.45) is 10.7 Å². The van der Waals surface area contributed by atoms with Crippen LogP contribution in [0.3, 0.4) is 0 Å². The van der Waals surface area contributed by atoms with Gasteiger partial charge in [0.2, 0.25) is 0 Å². The molecule has 1 unspecified atom stereocenters. The fourth-order valence-electron chi connectivity index (χ4n) is 1.95. The van der Waals surface area contributed by atoms with Crippen LogP contribution in [0.5, 0.6) is 0 Å². The van der Waals surface area contributed by atoms with Crippen molar-refractivity contribution in [3.8, 4) is 0 Å². The highest BCUT2D eigenvalue weighted by atomic mass is 16.3. The highest BCUT2D eigenvalue weighted by molar-refractivity contribution is 5.80. The zero-order valence-corrected chi connectivity index (χ0v) is 10.2. The molecule has 0 aromatic carbocycles. The van der Waals surface area contributed by atoms with E-state index < -0.39 is 0 Å². The molecule has 98 valence electrons. The summed E-state index contributed by atoms with van der Waals surface area (Å²) in [7, 11) is 0. The Labute approximate surface area is 106 Å². The van der Waals surface area contributed by atoms with Gasteiger partial charge in [-0.25, -0.2) is 0 Å². The van der Waals surface area contributed by atoms with E-state index in [0.29, 0.717) is 32.0 Å². The second kappa shape index (κ2) is 5.63. The van der Waals surface area contributed by atoms with Crippen LogP contribution in [0.25, 0.3) is 0 Å². The Bertz CT molecular complexity index is 440. The van der Waals surface area contributed by atoms with Crippen LogP contribution in [0, 0.1) is 0 Å². The highest BCUT2D eigenvalue weighted by Crippen LogP contribution is 2.23. The molecule has 7 heteroatoms. The average molecular weight is 250 g/mol. The molecule has 0 amide bonds. The Hall–Kier alpha value is -1.89. The van der Waals surface area contributed by atoms with E-state index in [9.17, 15) is 0 Å². The lowest BCUT2D eigenvalue weighted by molar-refractivity contribution is 0.276. The van der Waals surface area contributed by atoms with E-state index in [0.717, 1.165) is 5.69 Å². The molecule has 2 heterocycles. The molecule has 2 rings (SSSR count). The number of aliphatic hydroxyl groups excluding tert-OH is 1. The molecule has 0 saturated heterocycles. The summed E-state index contributed by atoms with van der Waals surface area (Å²) in [5, 5.41) is 17.0. The maximum atomic E-state index is 8.78. The van der Waals surface area contributed by atoms with Crippen molar-refractivity contribution in [1.82, 2.24) is 19.9 Å². The lowest BCUT2D eigenvalue weighted by Gasteiger charge is -2.22. The van der Waals surface area contributed by atoms with Crippen LogP contribution in [0.2, 0.25) is 0 Å². The average Bonchev–Trinajstić information content (AvgIpc) is 2.95. The third kappa shape index (κ3) is 2.51. The fourth-order valence-corrected chi connectivity index (χ4v) is 1.95. The van der Waals surface area contributed by atoms with E-state index in [2.05, 4.69) is 21.9 Å². The molecule has 1 aromatic rings. The molecule has 0 fully saturated rings. The van der Waals surface area contributed by atoms with Gasteiger partial charge < -0.3 is 15.7 Å². The minimum Gasteiger partial charge on any atom is -0.396 e. The lowest BCUT2D eigenvalue weighted by atomic mass is 10.2. The van der Waals surface area contributed by atoms with Crippen molar-refractivity contribution >= 4 is 5.96 Å². The number of guanidine groups is 1. The third-order valence-electron chi connectivity index (χ3n) is 2.87. The second-order valence-electron chi connectivity index (χ2n) is 4.14. The summed E-state index contributed by atoms with van der Waals surface area (Å²) in [4.78, 5) is 6.17. The zero-order chi connectivity index (χ0) is 13.0. The first-order chi connectivity index (χ1) is 8.76. The number of hydrogen-bond donors (Lipinski definition) is 2. The Kier molecular flexibility index (Phi) is 3.93. The van der Waals surface area contributed by atoms with Gasteiger partial charge in [0, 0.05) is 19.7 Å². The van der Waals surface area contributed by atoms with Gasteiger partial charge in [0.25, 0.3) is 0 Å². The number of rotatable bonds is 6. The van der Waals surface area contributed by atoms with Gasteiger partial charge in [-0.1, -0.05) is 11.3 Å². The van der Waals surface area contributed by atoms with E-state index in [1.807, 2.05) is 11.1 Å². The molecule has 1 atom stereocenters. The Balaban J connectivity index is 2.06.